The predicted octanol–water partition coefficient (Wildman–Crippen LogP) is 7.27. The minimum atomic E-state index is -0.482. The minimum Gasteiger partial charge on any atom is -0.459 e. The van der Waals surface area contributed by atoms with Gasteiger partial charge in [-0.1, -0.05) is 54.6 Å². The topological polar surface area (TPSA) is 76.9 Å². The van der Waals surface area contributed by atoms with Crippen molar-refractivity contribution in [2.24, 2.45) is 5.92 Å². The Morgan fingerprint density at radius 3 is 2.16 bits per heavy atom. The molecule has 0 radical (unpaired) electrons. The third-order valence-corrected chi connectivity index (χ3v) is 8.50. The Hall–Kier alpha value is -3.65. The smallest absolute Gasteiger partial charge is 0.410 e. The molecule has 0 N–H and O–H groups in total. The van der Waals surface area contributed by atoms with Gasteiger partial charge in [-0.25, -0.2) is 4.79 Å². The Morgan fingerprint density at radius 1 is 0.844 bits per heavy atom. The lowest BCUT2D eigenvalue weighted by Gasteiger charge is -2.32. The van der Waals surface area contributed by atoms with Crippen LogP contribution in [0.2, 0.25) is 0 Å². The quantitative estimate of drug-likeness (QED) is 0.261. The van der Waals surface area contributed by atoms with Gasteiger partial charge in [0.25, 0.3) is 0 Å². The summed E-state index contributed by atoms with van der Waals surface area (Å²) >= 11 is 0. The number of ether oxygens (including phenoxy) is 2. The molecule has 3 aromatic rings. The number of esters is 1. The Bertz CT molecular complexity index is 1480. The fourth-order valence-electron chi connectivity index (χ4n) is 6.35. The van der Waals surface area contributed by atoms with Crippen molar-refractivity contribution in [1.82, 2.24) is 19.6 Å². The van der Waals surface area contributed by atoms with Crippen LogP contribution in [0, 0.1) is 5.92 Å². The number of hydrogen-bond acceptors (Lipinski definition) is 6. The van der Waals surface area contributed by atoms with Gasteiger partial charge in [-0.2, -0.15) is 5.10 Å². The molecule has 0 unspecified atom stereocenters. The van der Waals surface area contributed by atoms with Crippen LogP contribution in [0.3, 0.4) is 0 Å². The molecule has 0 atom stereocenters. The van der Waals surface area contributed by atoms with Crippen LogP contribution in [0.25, 0.3) is 17.0 Å². The van der Waals surface area contributed by atoms with E-state index >= 15 is 0 Å². The molecule has 0 aliphatic carbocycles. The van der Waals surface area contributed by atoms with E-state index in [4.69, 9.17) is 14.6 Å². The van der Waals surface area contributed by atoms with E-state index in [0.29, 0.717) is 38.0 Å². The van der Waals surface area contributed by atoms with Gasteiger partial charge in [0, 0.05) is 24.4 Å². The SMILES string of the molecule is CC(C)(C)OC(=O)CN1CCC(c2nn(Cc3ccccc3)c3cccc(C=CC4CCN(C(=O)OC(C)(C)C)CC4)c23)CC1. The maximum atomic E-state index is 12.5. The number of rotatable bonds is 7. The predicted molar refractivity (Wildman–Crippen MR) is 179 cm³/mol. The van der Waals surface area contributed by atoms with Gasteiger partial charge in [0.2, 0.25) is 0 Å². The van der Waals surface area contributed by atoms with Crippen molar-refractivity contribution >= 4 is 29.0 Å². The maximum absolute atomic E-state index is 12.5. The van der Waals surface area contributed by atoms with E-state index in [-0.39, 0.29) is 12.1 Å². The Labute approximate surface area is 268 Å². The molecule has 8 nitrogen and oxygen atoms in total. The van der Waals surface area contributed by atoms with Crippen LogP contribution >= 0.6 is 0 Å². The van der Waals surface area contributed by atoms with Gasteiger partial charge >= 0.3 is 12.1 Å². The molecule has 242 valence electrons. The van der Waals surface area contributed by atoms with Gasteiger partial charge in [0.15, 0.2) is 0 Å². The summed E-state index contributed by atoms with van der Waals surface area (Å²) in [5.41, 5.74) is 3.75. The molecule has 45 heavy (non-hydrogen) atoms. The largest absolute Gasteiger partial charge is 0.459 e. The third kappa shape index (κ3) is 8.97. The molecule has 2 aliphatic heterocycles. The monoisotopic (exact) mass is 614 g/mol. The number of piperidine rings is 2. The lowest BCUT2D eigenvalue weighted by molar-refractivity contribution is -0.156. The summed E-state index contributed by atoms with van der Waals surface area (Å²) in [5, 5.41) is 6.49. The zero-order chi connectivity index (χ0) is 32.2. The average Bonchev–Trinajstić information content (AvgIpc) is 3.34. The Morgan fingerprint density at radius 2 is 1.51 bits per heavy atom. The first-order valence-corrected chi connectivity index (χ1v) is 16.5. The molecule has 3 heterocycles. The molecule has 2 fully saturated rings. The van der Waals surface area contributed by atoms with Gasteiger partial charge in [-0.15, -0.1) is 0 Å². The number of nitrogens with zero attached hydrogens (tertiary/aromatic N) is 4. The molecule has 0 spiro atoms. The van der Waals surface area contributed by atoms with Gasteiger partial charge < -0.3 is 14.4 Å². The summed E-state index contributed by atoms with van der Waals surface area (Å²) in [6.45, 7) is 15.6. The molecule has 5 rings (SSSR count). The third-order valence-electron chi connectivity index (χ3n) is 8.50. The molecule has 0 bridgehead atoms. The number of carbonyl (C=O) groups is 2. The van der Waals surface area contributed by atoms with Crippen molar-refractivity contribution in [1.29, 1.82) is 0 Å². The van der Waals surface area contributed by atoms with E-state index in [1.54, 1.807) is 0 Å². The summed E-state index contributed by atoms with van der Waals surface area (Å²) < 4.78 is 13.3. The van der Waals surface area contributed by atoms with E-state index in [1.807, 2.05) is 52.5 Å². The number of benzene rings is 2. The minimum absolute atomic E-state index is 0.164. The molecule has 2 aromatic carbocycles. The highest BCUT2D eigenvalue weighted by Crippen LogP contribution is 2.36. The van der Waals surface area contributed by atoms with Crippen molar-refractivity contribution < 1.29 is 19.1 Å². The molecule has 0 saturated carbocycles. The number of aromatic nitrogens is 2. The van der Waals surface area contributed by atoms with Crippen LogP contribution in [0.4, 0.5) is 4.79 Å². The molecule has 2 saturated heterocycles. The van der Waals surface area contributed by atoms with Gasteiger partial charge in [-0.3, -0.25) is 14.4 Å². The van der Waals surface area contributed by atoms with Crippen LogP contribution in [-0.2, 0) is 20.8 Å². The summed E-state index contributed by atoms with van der Waals surface area (Å²) in [5.74, 6) is 0.548. The van der Waals surface area contributed by atoms with Crippen LogP contribution in [-0.4, -0.2) is 75.6 Å². The van der Waals surface area contributed by atoms with Crippen molar-refractivity contribution in [2.45, 2.75) is 90.9 Å². The second kappa shape index (κ2) is 13.8. The van der Waals surface area contributed by atoms with Crippen molar-refractivity contribution in [2.75, 3.05) is 32.7 Å². The van der Waals surface area contributed by atoms with Gasteiger partial charge in [-0.05, 0) is 103 Å². The average molecular weight is 615 g/mol. The zero-order valence-corrected chi connectivity index (χ0v) is 27.9. The number of allylic oxidation sites excluding steroid dienone is 1. The standard InChI is InChI=1S/C37H50N4O4/c1-36(2,3)44-32(42)26-39-21-19-30(20-22-39)34-33-29(13-10-14-31(33)41(38-34)25-28-11-8-7-9-12-28)16-15-27-17-23-40(24-18-27)35(43)45-37(4,5)6/h7-16,27,30H,17-26H2,1-6H3. The highest BCUT2D eigenvalue weighted by atomic mass is 16.6. The normalized spacial score (nSPS) is 17.7. The number of hydrogen-bond donors (Lipinski definition) is 0. The second-order valence-corrected chi connectivity index (χ2v) is 14.6. The van der Waals surface area contributed by atoms with E-state index in [1.165, 1.54) is 16.5 Å². The van der Waals surface area contributed by atoms with Crippen LogP contribution in [0.5, 0.6) is 0 Å². The lowest BCUT2D eigenvalue weighted by atomic mass is 9.89. The van der Waals surface area contributed by atoms with Gasteiger partial charge in [0.1, 0.15) is 11.2 Å². The summed E-state index contributed by atoms with van der Waals surface area (Å²) in [4.78, 5) is 29.1. The number of carbonyl (C=O) groups excluding carboxylic acids is 2. The first kappa shape index (κ1) is 32.7. The Balaban J connectivity index is 1.34. The van der Waals surface area contributed by atoms with E-state index in [0.717, 1.165) is 50.0 Å². The second-order valence-electron chi connectivity index (χ2n) is 14.6. The highest BCUT2D eigenvalue weighted by Gasteiger charge is 2.29. The lowest BCUT2D eigenvalue weighted by Crippen LogP contribution is -2.41. The first-order valence-electron chi connectivity index (χ1n) is 16.5. The van der Waals surface area contributed by atoms with Gasteiger partial charge in [0.05, 0.1) is 24.3 Å². The molecule has 8 heteroatoms. The van der Waals surface area contributed by atoms with Crippen LogP contribution < -0.4 is 0 Å². The molecular formula is C37H50N4O4. The van der Waals surface area contributed by atoms with Crippen molar-refractivity contribution in [3.05, 3.63) is 71.4 Å². The molecular weight excluding hydrogens is 564 g/mol. The fourth-order valence-corrected chi connectivity index (χ4v) is 6.35. The zero-order valence-electron chi connectivity index (χ0n) is 27.9. The van der Waals surface area contributed by atoms with E-state index in [2.05, 4.69) is 64.2 Å². The van der Waals surface area contributed by atoms with Crippen LogP contribution in [0.1, 0.15) is 90.0 Å². The van der Waals surface area contributed by atoms with Crippen molar-refractivity contribution in [3.63, 3.8) is 0 Å². The molecule has 2 aliphatic rings. The number of amides is 1. The maximum Gasteiger partial charge on any atom is 0.410 e. The van der Waals surface area contributed by atoms with Crippen molar-refractivity contribution in [3.8, 4) is 0 Å². The highest BCUT2D eigenvalue weighted by molar-refractivity contribution is 5.91. The molecule has 1 amide bonds. The van der Waals surface area contributed by atoms with E-state index in [9.17, 15) is 9.59 Å². The number of likely N-dealkylation sites (tertiary alicyclic amines) is 2. The number of fused-ring (bicyclic) bond motifs is 1. The first-order chi connectivity index (χ1) is 21.3. The Kier molecular flexibility index (Phi) is 10.0. The summed E-state index contributed by atoms with van der Waals surface area (Å²) in [6.07, 6.45) is 8.10. The summed E-state index contributed by atoms with van der Waals surface area (Å²) in [7, 11) is 0. The fraction of sp³-hybridized carbons (Fsp3) is 0.541. The summed E-state index contributed by atoms with van der Waals surface area (Å²) in [6, 6.07) is 17.0. The van der Waals surface area contributed by atoms with E-state index < -0.39 is 11.2 Å². The molecule has 1 aromatic heterocycles. The van der Waals surface area contributed by atoms with Crippen LogP contribution in [0.15, 0.2) is 54.6 Å².